The van der Waals surface area contributed by atoms with Crippen LogP contribution in [0.3, 0.4) is 0 Å². The summed E-state index contributed by atoms with van der Waals surface area (Å²) < 4.78 is 5.24. The van der Waals surface area contributed by atoms with Gasteiger partial charge in [0.25, 0.3) is 5.69 Å². The van der Waals surface area contributed by atoms with E-state index in [0.29, 0.717) is 6.42 Å². The third-order valence-electron chi connectivity index (χ3n) is 1.91. The number of hydrogen-bond donors (Lipinski definition) is 0. The zero-order chi connectivity index (χ0) is 12.1. The van der Waals surface area contributed by atoms with Gasteiger partial charge >= 0.3 is 0 Å². The standard InChI is InChI=1S/C10H9ClN2O3/c1-2-8(6-12)16-10-5-7(13(14)15)3-4-9(10)11/h3-5,8H,2H2,1H3. The lowest BCUT2D eigenvalue weighted by Crippen LogP contribution is -2.12. The summed E-state index contributed by atoms with van der Waals surface area (Å²) in [5.41, 5.74) is -0.118. The van der Waals surface area contributed by atoms with Crippen LogP contribution in [0.5, 0.6) is 5.75 Å². The first-order valence-electron chi connectivity index (χ1n) is 4.58. The van der Waals surface area contributed by atoms with Gasteiger partial charge < -0.3 is 4.74 Å². The van der Waals surface area contributed by atoms with Crippen molar-refractivity contribution in [3.63, 3.8) is 0 Å². The molecule has 0 spiro atoms. The first kappa shape index (κ1) is 12.3. The summed E-state index contributed by atoms with van der Waals surface area (Å²) in [5.74, 6) is 0.157. The Morgan fingerprint density at radius 2 is 2.38 bits per heavy atom. The second kappa shape index (κ2) is 5.33. The third kappa shape index (κ3) is 2.84. The van der Waals surface area contributed by atoms with Crippen LogP contribution in [0.4, 0.5) is 5.69 Å². The second-order valence-electron chi connectivity index (χ2n) is 3.02. The van der Waals surface area contributed by atoms with Crippen molar-refractivity contribution in [1.29, 1.82) is 5.26 Å². The lowest BCUT2D eigenvalue weighted by Gasteiger charge is -2.11. The van der Waals surface area contributed by atoms with Crippen molar-refractivity contribution >= 4 is 17.3 Å². The zero-order valence-corrected chi connectivity index (χ0v) is 9.27. The highest BCUT2D eigenvalue weighted by atomic mass is 35.5. The monoisotopic (exact) mass is 240 g/mol. The number of halogens is 1. The molecule has 6 heteroatoms. The molecule has 1 aromatic carbocycles. The maximum absolute atomic E-state index is 10.5. The summed E-state index contributed by atoms with van der Waals surface area (Å²) in [6.07, 6.45) is -0.172. The van der Waals surface area contributed by atoms with E-state index in [1.807, 2.05) is 6.07 Å². The number of rotatable bonds is 4. The first-order chi connectivity index (χ1) is 7.58. The van der Waals surface area contributed by atoms with Crippen molar-refractivity contribution in [3.8, 4) is 11.8 Å². The van der Waals surface area contributed by atoms with Crippen LogP contribution < -0.4 is 4.74 Å². The van der Waals surface area contributed by atoms with Gasteiger partial charge in [-0.15, -0.1) is 0 Å². The number of nitrogens with zero attached hydrogens (tertiary/aromatic N) is 2. The molecule has 0 fully saturated rings. The number of nitriles is 1. The largest absolute Gasteiger partial charge is 0.474 e. The smallest absolute Gasteiger partial charge is 0.273 e. The van der Waals surface area contributed by atoms with Crippen LogP contribution in [0.25, 0.3) is 0 Å². The highest BCUT2D eigenvalue weighted by Crippen LogP contribution is 2.29. The molecule has 0 aliphatic carbocycles. The molecule has 0 saturated carbocycles. The fourth-order valence-corrected chi connectivity index (χ4v) is 1.21. The average Bonchev–Trinajstić information content (AvgIpc) is 2.27. The van der Waals surface area contributed by atoms with Gasteiger partial charge in [-0.3, -0.25) is 10.1 Å². The molecule has 1 rings (SSSR count). The van der Waals surface area contributed by atoms with Crippen LogP contribution in [0.1, 0.15) is 13.3 Å². The summed E-state index contributed by atoms with van der Waals surface area (Å²) in [6, 6.07) is 5.79. The fourth-order valence-electron chi connectivity index (χ4n) is 1.05. The van der Waals surface area contributed by atoms with Gasteiger partial charge in [0.15, 0.2) is 6.10 Å². The van der Waals surface area contributed by atoms with E-state index < -0.39 is 11.0 Å². The fraction of sp³-hybridized carbons (Fsp3) is 0.300. The number of non-ortho nitro benzene ring substituents is 1. The van der Waals surface area contributed by atoms with E-state index in [9.17, 15) is 10.1 Å². The molecule has 0 N–H and O–H groups in total. The minimum absolute atomic E-state index is 0.118. The van der Waals surface area contributed by atoms with E-state index in [0.717, 1.165) is 0 Å². The highest BCUT2D eigenvalue weighted by molar-refractivity contribution is 6.32. The molecule has 0 aromatic heterocycles. The molecule has 0 aliphatic rings. The molecule has 16 heavy (non-hydrogen) atoms. The predicted molar refractivity (Wildman–Crippen MR) is 58.4 cm³/mol. The lowest BCUT2D eigenvalue weighted by atomic mass is 10.2. The van der Waals surface area contributed by atoms with Crippen LogP contribution >= 0.6 is 11.6 Å². The van der Waals surface area contributed by atoms with E-state index in [4.69, 9.17) is 21.6 Å². The molecular weight excluding hydrogens is 232 g/mol. The molecule has 5 nitrogen and oxygen atoms in total. The SMILES string of the molecule is CCC(C#N)Oc1cc([N+](=O)[O-])ccc1Cl. The van der Waals surface area contributed by atoms with Gasteiger partial charge in [-0.2, -0.15) is 5.26 Å². The van der Waals surface area contributed by atoms with Crippen molar-refractivity contribution in [2.24, 2.45) is 0 Å². The Morgan fingerprint density at radius 1 is 1.69 bits per heavy atom. The number of benzene rings is 1. The Morgan fingerprint density at radius 3 is 2.88 bits per heavy atom. The van der Waals surface area contributed by atoms with Crippen molar-refractivity contribution in [2.45, 2.75) is 19.4 Å². The summed E-state index contributed by atoms with van der Waals surface area (Å²) in [7, 11) is 0. The average molecular weight is 241 g/mol. The van der Waals surface area contributed by atoms with Crippen LogP contribution in [-0.4, -0.2) is 11.0 Å². The maximum Gasteiger partial charge on any atom is 0.273 e. The topological polar surface area (TPSA) is 76.2 Å². The van der Waals surface area contributed by atoms with Crippen molar-refractivity contribution in [1.82, 2.24) is 0 Å². The molecule has 1 aromatic rings. The molecule has 0 bridgehead atoms. The van der Waals surface area contributed by atoms with Gasteiger partial charge in [-0.05, 0) is 12.5 Å². The molecule has 1 atom stereocenters. The van der Waals surface area contributed by atoms with Gasteiger partial charge in [0.05, 0.1) is 16.0 Å². The molecule has 0 saturated heterocycles. The van der Waals surface area contributed by atoms with Crippen LogP contribution in [-0.2, 0) is 0 Å². The summed E-state index contributed by atoms with van der Waals surface area (Å²) >= 11 is 5.80. The molecule has 0 heterocycles. The number of hydrogen-bond acceptors (Lipinski definition) is 4. The van der Waals surface area contributed by atoms with Crippen LogP contribution in [0.2, 0.25) is 5.02 Å². The minimum Gasteiger partial charge on any atom is -0.474 e. The van der Waals surface area contributed by atoms with Crippen molar-refractivity contribution < 1.29 is 9.66 Å². The zero-order valence-electron chi connectivity index (χ0n) is 8.51. The Labute approximate surface area is 97.4 Å². The summed E-state index contributed by atoms with van der Waals surface area (Å²) in [6.45, 7) is 1.78. The van der Waals surface area contributed by atoms with E-state index in [2.05, 4.69) is 0 Å². The molecule has 0 amide bonds. The van der Waals surface area contributed by atoms with E-state index in [1.54, 1.807) is 6.92 Å². The predicted octanol–water partition coefficient (Wildman–Crippen LogP) is 2.93. The molecule has 0 aliphatic heterocycles. The Bertz CT molecular complexity index is 442. The van der Waals surface area contributed by atoms with Gasteiger partial charge in [0, 0.05) is 6.07 Å². The Hall–Kier alpha value is -1.80. The van der Waals surface area contributed by atoms with Gasteiger partial charge in [0.2, 0.25) is 0 Å². The normalized spacial score (nSPS) is 11.6. The highest BCUT2D eigenvalue weighted by Gasteiger charge is 2.14. The third-order valence-corrected chi connectivity index (χ3v) is 2.22. The van der Waals surface area contributed by atoms with Gasteiger partial charge in [-0.1, -0.05) is 18.5 Å². The van der Waals surface area contributed by atoms with E-state index in [1.165, 1.54) is 18.2 Å². The Balaban J connectivity index is 2.99. The number of nitro benzene ring substituents is 1. The molecule has 84 valence electrons. The quantitative estimate of drug-likeness (QED) is 0.599. The maximum atomic E-state index is 10.5. The second-order valence-corrected chi connectivity index (χ2v) is 3.42. The number of ether oxygens (including phenoxy) is 1. The first-order valence-corrected chi connectivity index (χ1v) is 4.96. The molecule has 1 unspecified atom stereocenters. The van der Waals surface area contributed by atoms with E-state index in [-0.39, 0.29) is 16.5 Å². The van der Waals surface area contributed by atoms with Gasteiger partial charge in [0.1, 0.15) is 11.8 Å². The van der Waals surface area contributed by atoms with Crippen LogP contribution in [0.15, 0.2) is 18.2 Å². The number of nitro groups is 1. The summed E-state index contributed by atoms with van der Waals surface area (Å²) in [5, 5.41) is 19.5. The molecule has 0 radical (unpaired) electrons. The van der Waals surface area contributed by atoms with Crippen molar-refractivity contribution in [3.05, 3.63) is 33.3 Å². The molecular formula is C10H9ClN2O3. The van der Waals surface area contributed by atoms with E-state index >= 15 is 0 Å². The van der Waals surface area contributed by atoms with Crippen LogP contribution in [0, 0.1) is 21.4 Å². The lowest BCUT2D eigenvalue weighted by molar-refractivity contribution is -0.384. The Kier molecular flexibility index (Phi) is 4.09. The summed E-state index contributed by atoms with van der Waals surface area (Å²) in [4.78, 5) is 9.99. The van der Waals surface area contributed by atoms with Crippen molar-refractivity contribution in [2.75, 3.05) is 0 Å². The minimum atomic E-state index is -0.653. The van der Waals surface area contributed by atoms with Gasteiger partial charge in [-0.25, -0.2) is 0 Å².